The summed E-state index contributed by atoms with van der Waals surface area (Å²) in [5, 5.41) is 0.527. The topological polar surface area (TPSA) is 34.0 Å². The summed E-state index contributed by atoms with van der Waals surface area (Å²) < 4.78 is 2.28. The van der Waals surface area contributed by atoms with Gasteiger partial charge in [0.25, 0.3) is 0 Å². The van der Waals surface area contributed by atoms with Crippen LogP contribution in [0.5, 0.6) is 0 Å². The fourth-order valence-electron chi connectivity index (χ4n) is 4.22. The first-order valence-electron chi connectivity index (χ1n) is 10.6. The van der Waals surface area contributed by atoms with Gasteiger partial charge in [-0.1, -0.05) is 72.3 Å². The van der Waals surface area contributed by atoms with E-state index in [0.717, 1.165) is 41.3 Å². The maximum atomic E-state index is 6.70. The summed E-state index contributed by atoms with van der Waals surface area (Å²) >= 11 is 6.70. The molecule has 0 amide bonds. The van der Waals surface area contributed by atoms with Gasteiger partial charge < -0.3 is 9.47 Å². The summed E-state index contributed by atoms with van der Waals surface area (Å²) in [7, 11) is 0. The van der Waals surface area contributed by atoms with Crippen LogP contribution in [0.4, 0.5) is 5.82 Å². The van der Waals surface area contributed by atoms with Gasteiger partial charge >= 0.3 is 0 Å². The van der Waals surface area contributed by atoms with Gasteiger partial charge in [-0.3, -0.25) is 0 Å². The molecule has 0 aliphatic rings. The van der Waals surface area contributed by atoms with E-state index in [-0.39, 0.29) is 5.54 Å². The van der Waals surface area contributed by atoms with Crippen LogP contribution in [0.3, 0.4) is 0 Å². The largest absolute Gasteiger partial charge is 0.346 e. The SMILES string of the molecule is Cc1c(Cl)nc(N(Cc2ccccc2)Cc2ccccc2)c2nc(C)n(C(C)(C)C)c12. The van der Waals surface area contributed by atoms with Crippen molar-refractivity contribution in [3.05, 3.63) is 88.3 Å². The van der Waals surface area contributed by atoms with Crippen molar-refractivity contribution in [3.63, 3.8) is 0 Å². The Bertz CT molecular complexity index is 1150. The number of aryl methyl sites for hydroxylation is 2. The number of hydrogen-bond donors (Lipinski definition) is 0. The molecule has 4 nitrogen and oxygen atoms in total. The standard InChI is InChI=1S/C26H29ClN4/c1-18-23-22(28-19(2)31(23)26(3,4)5)25(29-24(18)27)30(16-20-12-8-6-9-13-20)17-21-14-10-7-11-15-21/h6-15H,16-17H2,1-5H3. The minimum absolute atomic E-state index is 0.116. The number of rotatable bonds is 5. The van der Waals surface area contributed by atoms with Crippen LogP contribution < -0.4 is 4.90 Å². The zero-order valence-corrected chi connectivity index (χ0v) is 19.6. The van der Waals surface area contributed by atoms with E-state index in [2.05, 4.69) is 85.7 Å². The van der Waals surface area contributed by atoms with Crippen LogP contribution in [0.15, 0.2) is 60.7 Å². The van der Waals surface area contributed by atoms with Crippen molar-refractivity contribution in [2.45, 2.75) is 53.2 Å². The average molecular weight is 433 g/mol. The van der Waals surface area contributed by atoms with Gasteiger partial charge in [-0.05, 0) is 45.7 Å². The van der Waals surface area contributed by atoms with Crippen LogP contribution in [0.2, 0.25) is 5.15 Å². The third-order valence-corrected chi connectivity index (χ3v) is 5.90. The van der Waals surface area contributed by atoms with Gasteiger partial charge in [0.2, 0.25) is 0 Å². The highest BCUT2D eigenvalue weighted by Gasteiger charge is 2.26. The van der Waals surface area contributed by atoms with Gasteiger partial charge in [0.05, 0.1) is 5.52 Å². The lowest BCUT2D eigenvalue weighted by Gasteiger charge is -2.27. The molecule has 0 radical (unpaired) electrons. The zero-order chi connectivity index (χ0) is 22.2. The van der Waals surface area contributed by atoms with E-state index in [4.69, 9.17) is 21.6 Å². The normalized spacial score (nSPS) is 11.8. The first-order chi connectivity index (χ1) is 14.8. The Labute approximate surface area is 189 Å². The van der Waals surface area contributed by atoms with E-state index >= 15 is 0 Å². The van der Waals surface area contributed by atoms with E-state index in [9.17, 15) is 0 Å². The molecule has 0 spiro atoms. The van der Waals surface area contributed by atoms with E-state index in [1.807, 2.05) is 19.1 Å². The molecule has 31 heavy (non-hydrogen) atoms. The molecule has 0 aliphatic heterocycles. The number of anilines is 1. The first-order valence-corrected chi connectivity index (χ1v) is 11.0. The van der Waals surface area contributed by atoms with Crippen molar-refractivity contribution in [1.82, 2.24) is 14.5 Å². The molecule has 2 aromatic carbocycles. The number of aromatic nitrogens is 3. The molecule has 0 bridgehead atoms. The van der Waals surface area contributed by atoms with Gasteiger partial charge in [0.15, 0.2) is 5.82 Å². The molecule has 0 N–H and O–H groups in total. The molecule has 4 rings (SSSR count). The monoisotopic (exact) mass is 432 g/mol. The molecule has 4 aromatic rings. The van der Waals surface area contributed by atoms with E-state index in [1.54, 1.807) is 0 Å². The highest BCUT2D eigenvalue weighted by Crippen LogP contribution is 2.36. The van der Waals surface area contributed by atoms with E-state index in [1.165, 1.54) is 11.1 Å². The van der Waals surface area contributed by atoms with Crippen LogP contribution in [-0.4, -0.2) is 14.5 Å². The Morgan fingerprint density at radius 2 is 1.35 bits per heavy atom. The highest BCUT2D eigenvalue weighted by molar-refractivity contribution is 6.31. The first kappa shape index (κ1) is 21.4. The third-order valence-electron chi connectivity index (χ3n) is 5.53. The Morgan fingerprint density at radius 1 is 0.839 bits per heavy atom. The Hall–Kier alpha value is -2.85. The van der Waals surface area contributed by atoms with Crippen LogP contribution in [0.25, 0.3) is 11.0 Å². The summed E-state index contributed by atoms with van der Waals surface area (Å²) in [5.41, 5.74) is 5.26. The quantitative estimate of drug-likeness (QED) is 0.330. The van der Waals surface area contributed by atoms with Crippen LogP contribution in [0, 0.1) is 13.8 Å². The minimum Gasteiger partial charge on any atom is -0.346 e. The number of nitrogens with zero attached hydrogens (tertiary/aromatic N) is 4. The van der Waals surface area contributed by atoms with Crippen molar-refractivity contribution in [2.75, 3.05) is 4.90 Å². The second-order valence-electron chi connectivity index (χ2n) is 9.04. The van der Waals surface area contributed by atoms with Crippen molar-refractivity contribution in [2.24, 2.45) is 0 Å². The summed E-state index contributed by atoms with van der Waals surface area (Å²) in [6, 6.07) is 20.9. The molecule has 0 atom stereocenters. The highest BCUT2D eigenvalue weighted by atomic mass is 35.5. The van der Waals surface area contributed by atoms with Crippen LogP contribution in [-0.2, 0) is 18.6 Å². The molecule has 5 heteroatoms. The summed E-state index contributed by atoms with van der Waals surface area (Å²) in [4.78, 5) is 12.1. The predicted molar refractivity (Wildman–Crippen MR) is 130 cm³/mol. The lowest BCUT2D eigenvalue weighted by atomic mass is 10.1. The molecule has 2 heterocycles. The third kappa shape index (κ3) is 4.31. The maximum absolute atomic E-state index is 6.70. The number of fused-ring (bicyclic) bond motifs is 1. The van der Waals surface area contributed by atoms with Crippen molar-refractivity contribution in [3.8, 4) is 0 Å². The summed E-state index contributed by atoms with van der Waals surface area (Å²) in [6.07, 6.45) is 0. The average Bonchev–Trinajstić information content (AvgIpc) is 3.09. The van der Waals surface area contributed by atoms with Gasteiger partial charge in [-0.2, -0.15) is 0 Å². The lowest BCUT2D eigenvalue weighted by molar-refractivity contribution is 0.399. The molecule has 0 saturated heterocycles. The Kier molecular flexibility index (Phi) is 5.76. The molecule has 0 unspecified atom stereocenters. The van der Waals surface area contributed by atoms with Crippen molar-refractivity contribution < 1.29 is 0 Å². The summed E-state index contributed by atoms with van der Waals surface area (Å²) in [6.45, 7) is 12.1. The number of hydrogen-bond acceptors (Lipinski definition) is 3. The number of benzene rings is 2. The summed E-state index contributed by atoms with van der Waals surface area (Å²) in [5.74, 6) is 1.79. The minimum atomic E-state index is -0.116. The van der Waals surface area contributed by atoms with Crippen LogP contribution >= 0.6 is 11.6 Å². The molecular formula is C26H29ClN4. The van der Waals surface area contributed by atoms with E-state index in [0.29, 0.717) is 5.15 Å². The fraction of sp³-hybridized carbons (Fsp3) is 0.308. The molecule has 0 aliphatic carbocycles. The van der Waals surface area contributed by atoms with Gasteiger partial charge in [0.1, 0.15) is 16.5 Å². The number of halogens is 1. The Balaban J connectivity index is 1.92. The second kappa shape index (κ2) is 8.35. The van der Waals surface area contributed by atoms with E-state index < -0.39 is 0 Å². The number of pyridine rings is 1. The maximum Gasteiger partial charge on any atom is 0.159 e. The number of imidazole rings is 1. The van der Waals surface area contributed by atoms with Crippen molar-refractivity contribution in [1.29, 1.82) is 0 Å². The van der Waals surface area contributed by atoms with Crippen LogP contribution in [0.1, 0.15) is 43.3 Å². The van der Waals surface area contributed by atoms with Gasteiger partial charge in [0, 0.05) is 24.2 Å². The Morgan fingerprint density at radius 3 is 1.84 bits per heavy atom. The smallest absolute Gasteiger partial charge is 0.159 e. The zero-order valence-electron chi connectivity index (χ0n) is 18.9. The van der Waals surface area contributed by atoms with Gasteiger partial charge in [-0.15, -0.1) is 0 Å². The predicted octanol–water partition coefficient (Wildman–Crippen LogP) is 6.66. The molecule has 0 fully saturated rings. The lowest BCUT2D eigenvalue weighted by Crippen LogP contribution is -2.25. The van der Waals surface area contributed by atoms with Crippen molar-refractivity contribution >= 4 is 28.5 Å². The molecular weight excluding hydrogens is 404 g/mol. The molecule has 160 valence electrons. The molecule has 0 saturated carbocycles. The van der Waals surface area contributed by atoms with Gasteiger partial charge in [-0.25, -0.2) is 9.97 Å². The molecule has 2 aromatic heterocycles. The second-order valence-corrected chi connectivity index (χ2v) is 9.40. The fourth-order valence-corrected chi connectivity index (χ4v) is 4.39.